The standard InChI is InChI=1S/C15H23N3O2/c1-4-13-10-14(17-11(3)16-13)18-8-6-12(7-9-18)15(19)20-5-2/h10,12H,4-9H2,1-3H3. The van der Waals surface area contributed by atoms with Crippen LogP contribution < -0.4 is 4.90 Å². The molecule has 0 bridgehead atoms. The van der Waals surface area contributed by atoms with Crippen molar-refractivity contribution >= 4 is 11.8 Å². The van der Waals surface area contributed by atoms with E-state index < -0.39 is 0 Å². The minimum atomic E-state index is -0.0553. The maximum Gasteiger partial charge on any atom is 0.309 e. The molecule has 110 valence electrons. The van der Waals surface area contributed by atoms with Gasteiger partial charge in [-0.2, -0.15) is 0 Å². The summed E-state index contributed by atoms with van der Waals surface area (Å²) < 4.78 is 5.09. The lowest BCUT2D eigenvalue weighted by Gasteiger charge is -2.31. The third kappa shape index (κ3) is 3.46. The number of carbonyl (C=O) groups is 1. The fraction of sp³-hybridized carbons (Fsp3) is 0.667. The number of aryl methyl sites for hydroxylation is 2. The van der Waals surface area contributed by atoms with Gasteiger partial charge in [-0.15, -0.1) is 0 Å². The van der Waals surface area contributed by atoms with Crippen molar-refractivity contribution in [2.75, 3.05) is 24.6 Å². The third-order valence-electron chi connectivity index (χ3n) is 3.68. The van der Waals surface area contributed by atoms with E-state index in [0.717, 1.165) is 49.7 Å². The van der Waals surface area contributed by atoms with Crippen LogP contribution in [0.2, 0.25) is 0 Å². The highest BCUT2D eigenvalue weighted by Gasteiger charge is 2.26. The van der Waals surface area contributed by atoms with E-state index in [1.165, 1.54) is 0 Å². The molecule has 2 rings (SSSR count). The van der Waals surface area contributed by atoms with Crippen LogP contribution in [0.25, 0.3) is 0 Å². The second-order valence-electron chi connectivity index (χ2n) is 5.13. The Hall–Kier alpha value is -1.65. The van der Waals surface area contributed by atoms with Crippen molar-refractivity contribution in [3.8, 4) is 0 Å². The van der Waals surface area contributed by atoms with Crippen molar-refractivity contribution in [1.82, 2.24) is 9.97 Å². The van der Waals surface area contributed by atoms with Crippen LogP contribution in [0.4, 0.5) is 5.82 Å². The summed E-state index contributed by atoms with van der Waals surface area (Å²) in [4.78, 5) is 22.9. The fourth-order valence-corrected chi connectivity index (χ4v) is 2.56. The summed E-state index contributed by atoms with van der Waals surface area (Å²) in [6.45, 7) is 8.03. The molecule has 5 heteroatoms. The number of rotatable bonds is 4. The van der Waals surface area contributed by atoms with Crippen molar-refractivity contribution in [2.45, 2.75) is 40.0 Å². The molecule has 1 aromatic heterocycles. The third-order valence-corrected chi connectivity index (χ3v) is 3.68. The first-order chi connectivity index (χ1) is 9.63. The monoisotopic (exact) mass is 277 g/mol. The zero-order chi connectivity index (χ0) is 14.5. The van der Waals surface area contributed by atoms with Crippen molar-refractivity contribution in [1.29, 1.82) is 0 Å². The van der Waals surface area contributed by atoms with Gasteiger partial charge in [-0.05, 0) is 33.1 Å². The van der Waals surface area contributed by atoms with Gasteiger partial charge in [-0.1, -0.05) is 6.92 Å². The topological polar surface area (TPSA) is 55.3 Å². The first-order valence-electron chi connectivity index (χ1n) is 7.40. The molecule has 2 heterocycles. The van der Waals surface area contributed by atoms with E-state index in [4.69, 9.17) is 4.74 Å². The van der Waals surface area contributed by atoms with E-state index in [1.54, 1.807) is 0 Å². The maximum absolute atomic E-state index is 11.7. The summed E-state index contributed by atoms with van der Waals surface area (Å²) in [5, 5.41) is 0. The zero-order valence-electron chi connectivity index (χ0n) is 12.6. The molecule has 1 fully saturated rings. The van der Waals surface area contributed by atoms with Gasteiger partial charge < -0.3 is 9.64 Å². The Morgan fingerprint density at radius 2 is 2.05 bits per heavy atom. The Morgan fingerprint density at radius 3 is 2.65 bits per heavy atom. The van der Waals surface area contributed by atoms with E-state index >= 15 is 0 Å². The minimum Gasteiger partial charge on any atom is -0.466 e. The minimum absolute atomic E-state index is 0.0415. The molecule has 20 heavy (non-hydrogen) atoms. The lowest BCUT2D eigenvalue weighted by molar-refractivity contribution is -0.148. The highest BCUT2D eigenvalue weighted by molar-refractivity contribution is 5.72. The molecule has 1 saturated heterocycles. The van der Waals surface area contributed by atoms with E-state index in [2.05, 4.69) is 27.9 Å². The highest BCUT2D eigenvalue weighted by Crippen LogP contribution is 2.23. The molecule has 0 radical (unpaired) electrons. The van der Waals surface area contributed by atoms with Gasteiger partial charge in [0.25, 0.3) is 0 Å². The fourth-order valence-electron chi connectivity index (χ4n) is 2.56. The normalized spacial score (nSPS) is 16.2. The lowest BCUT2D eigenvalue weighted by atomic mass is 9.97. The van der Waals surface area contributed by atoms with Crippen molar-refractivity contribution in [3.05, 3.63) is 17.6 Å². The van der Waals surface area contributed by atoms with Crippen LogP contribution in [0.3, 0.4) is 0 Å². The Labute approximate surface area is 120 Å². The summed E-state index contributed by atoms with van der Waals surface area (Å²) >= 11 is 0. The average molecular weight is 277 g/mol. The summed E-state index contributed by atoms with van der Waals surface area (Å²) in [7, 11) is 0. The number of esters is 1. The summed E-state index contributed by atoms with van der Waals surface area (Å²) in [6, 6.07) is 2.05. The van der Waals surface area contributed by atoms with Crippen LogP contribution in [0.5, 0.6) is 0 Å². The first-order valence-corrected chi connectivity index (χ1v) is 7.40. The molecule has 0 spiro atoms. The van der Waals surface area contributed by atoms with Gasteiger partial charge in [0.15, 0.2) is 0 Å². The predicted octanol–water partition coefficient (Wildman–Crippen LogP) is 2.13. The molecular formula is C15H23N3O2. The number of anilines is 1. The van der Waals surface area contributed by atoms with Crippen LogP contribution in [0, 0.1) is 12.8 Å². The number of ether oxygens (including phenoxy) is 1. The summed E-state index contributed by atoms with van der Waals surface area (Å²) in [5.74, 6) is 1.78. The Bertz CT molecular complexity index is 468. The number of carbonyl (C=O) groups excluding carboxylic acids is 1. The molecule has 0 aliphatic carbocycles. The first kappa shape index (κ1) is 14.8. The Morgan fingerprint density at radius 1 is 1.35 bits per heavy atom. The summed E-state index contributed by atoms with van der Waals surface area (Å²) in [5.41, 5.74) is 1.07. The van der Waals surface area contributed by atoms with Gasteiger partial charge in [-0.25, -0.2) is 9.97 Å². The second-order valence-corrected chi connectivity index (χ2v) is 5.13. The predicted molar refractivity (Wildman–Crippen MR) is 77.7 cm³/mol. The molecule has 1 aliphatic rings. The maximum atomic E-state index is 11.7. The van der Waals surface area contributed by atoms with Gasteiger partial charge in [0.2, 0.25) is 0 Å². The molecule has 1 aliphatic heterocycles. The number of hydrogen-bond donors (Lipinski definition) is 0. The summed E-state index contributed by atoms with van der Waals surface area (Å²) in [6.07, 6.45) is 2.59. The molecule has 5 nitrogen and oxygen atoms in total. The number of aromatic nitrogens is 2. The molecule has 0 atom stereocenters. The van der Waals surface area contributed by atoms with Gasteiger partial charge in [-0.3, -0.25) is 4.79 Å². The van der Waals surface area contributed by atoms with E-state index in [-0.39, 0.29) is 11.9 Å². The molecule has 1 aromatic rings. The molecular weight excluding hydrogens is 254 g/mol. The Kier molecular flexibility index (Phi) is 4.93. The highest BCUT2D eigenvalue weighted by atomic mass is 16.5. The van der Waals surface area contributed by atoms with Crippen molar-refractivity contribution < 1.29 is 9.53 Å². The van der Waals surface area contributed by atoms with Gasteiger partial charge in [0.1, 0.15) is 11.6 Å². The smallest absolute Gasteiger partial charge is 0.309 e. The molecule has 0 aromatic carbocycles. The molecule has 0 unspecified atom stereocenters. The average Bonchev–Trinajstić information content (AvgIpc) is 2.47. The van der Waals surface area contributed by atoms with Gasteiger partial charge in [0.05, 0.1) is 12.5 Å². The SMILES string of the molecule is CCOC(=O)C1CCN(c2cc(CC)nc(C)n2)CC1. The van der Waals surface area contributed by atoms with E-state index in [1.807, 2.05) is 13.8 Å². The number of piperidine rings is 1. The van der Waals surface area contributed by atoms with Crippen molar-refractivity contribution in [2.24, 2.45) is 5.92 Å². The number of nitrogens with zero attached hydrogens (tertiary/aromatic N) is 3. The molecule has 0 saturated carbocycles. The van der Waals surface area contributed by atoms with Gasteiger partial charge in [0, 0.05) is 24.8 Å². The van der Waals surface area contributed by atoms with Crippen LogP contribution in [0.1, 0.15) is 38.2 Å². The zero-order valence-corrected chi connectivity index (χ0v) is 12.6. The van der Waals surface area contributed by atoms with E-state index in [0.29, 0.717) is 6.61 Å². The van der Waals surface area contributed by atoms with Crippen LogP contribution in [0.15, 0.2) is 6.07 Å². The number of hydrogen-bond acceptors (Lipinski definition) is 5. The Balaban J connectivity index is 2.00. The van der Waals surface area contributed by atoms with Crippen LogP contribution in [-0.2, 0) is 16.0 Å². The van der Waals surface area contributed by atoms with Crippen LogP contribution >= 0.6 is 0 Å². The largest absolute Gasteiger partial charge is 0.466 e. The van der Waals surface area contributed by atoms with Crippen LogP contribution in [-0.4, -0.2) is 35.6 Å². The van der Waals surface area contributed by atoms with E-state index in [9.17, 15) is 4.79 Å². The lowest BCUT2D eigenvalue weighted by Crippen LogP contribution is -2.37. The quantitative estimate of drug-likeness (QED) is 0.789. The molecule has 0 N–H and O–H groups in total. The van der Waals surface area contributed by atoms with Crippen molar-refractivity contribution in [3.63, 3.8) is 0 Å². The van der Waals surface area contributed by atoms with Gasteiger partial charge >= 0.3 is 5.97 Å². The second kappa shape index (κ2) is 6.68. The molecule has 0 amide bonds.